The van der Waals surface area contributed by atoms with Crippen molar-refractivity contribution in [2.75, 3.05) is 23.8 Å². The van der Waals surface area contributed by atoms with Crippen molar-refractivity contribution in [3.8, 4) is 0 Å². The molecule has 6 heteroatoms. The quantitative estimate of drug-likeness (QED) is 0.859. The molecule has 0 aliphatic carbocycles. The molecule has 0 amide bonds. The van der Waals surface area contributed by atoms with Crippen molar-refractivity contribution in [3.63, 3.8) is 0 Å². The lowest BCUT2D eigenvalue weighted by atomic mass is 9.84. The maximum absolute atomic E-state index is 11.4. The van der Waals surface area contributed by atoms with Crippen LogP contribution in [-0.2, 0) is 9.84 Å². The van der Waals surface area contributed by atoms with Crippen molar-refractivity contribution in [1.29, 1.82) is 0 Å². The number of hydrogen-bond acceptors (Lipinski definition) is 5. The van der Waals surface area contributed by atoms with Crippen LogP contribution in [0.3, 0.4) is 0 Å². The first-order valence-corrected chi connectivity index (χ1v) is 9.43. The molecule has 1 atom stereocenters. The van der Waals surface area contributed by atoms with E-state index in [1.807, 2.05) is 0 Å². The molecular weight excluding hydrogens is 268 g/mol. The van der Waals surface area contributed by atoms with Crippen molar-refractivity contribution < 1.29 is 8.42 Å². The van der Waals surface area contributed by atoms with Gasteiger partial charge in [-0.2, -0.15) is 0 Å². The van der Waals surface area contributed by atoms with Crippen LogP contribution in [-0.4, -0.2) is 43.4 Å². The highest BCUT2D eigenvalue weighted by Gasteiger charge is 2.33. The van der Waals surface area contributed by atoms with E-state index in [4.69, 9.17) is 0 Å². The molecule has 1 saturated heterocycles. The summed E-state index contributed by atoms with van der Waals surface area (Å²) in [6, 6.07) is 0.0667. The third-order valence-corrected chi connectivity index (χ3v) is 7.18. The molecule has 1 N–H and O–H groups in total. The summed E-state index contributed by atoms with van der Waals surface area (Å²) in [6.45, 7) is 5.32. The van der Waals surface area contributed by atoms with Gasteiger partial charge in [-0.1, -0.05) is 25.6 Å². The average molecular weight is 290 g/mol. The fourth-order valence-electron chi connectivity index (χ4n) is 2.40. The van der Waals surface area contributed by atoms with E-state index in [0.29, 0.717) is 17.6 Å². The zero-order valence-electron chi connectivity index (χ0n) is 11.1. The maximum atomic E-state index is 11.4. The summed E-state index contributed by atoms with van der Waals surface area (Å²) in [5, 5.41) is 4.23. The Morgan fingerprint density at radius 1 is 1.44 bits per heavy atom. The van der Waals surface area contributed by atoms with Crippen molar-refractivity contribution in [2.24, 2.45) is 10.4 Å². The van der Waals surface area contributed by atoms with Gasteiger partial charge in [-0.15, -0.1) is 0 Å². The van der Waals surface area contributed by atoms with Crippen molar-refractivity contribution in [3.05, 3.63) is 0 Å². The van der Waals surface area contributed by atoms with Gasteiger partial charge in [0.05, 0.1) is 11.5 Å². The molecule has 18 heavy (non-hydrogen) atoms. The van der Waals surface area contributed by atoms with Gasteiger partial charge in [0.25, 0.3) is 0 Å². The van der Waals surface area contributed by atoms with Gasteiger partial charge in [0.2, 0.25) is 0 Å². The molecule has 2 aliphatic rings. The fraction of sp³-hybridized carbons (Fsp3) is 0.917. The van der Waals surface area contributed by atoms with E-state index in [9.17, 15) is 8.42 Å². The number of aliphatic imine (C=N–C) groups is 1. The SMILES string of the molecule is CCC1(CC)CN=C(NC2CCS(=O)(=O)C2)SC1. The zero-order chi connectivity index (χ0) is 13.2. The summed E-state index contributed by atoms with van der Waals surface area (Å²) in [5.74, 6) is 1.67. The molecule has 2 rings (SSSR count). The summed E-state index contributed by atoms with van der Waals surface area (Å²) in [7, 11) is -2.81. The van der Waals surface area contributed by atoms with Crippen LogP contribution >= 0.6 is 11.8 Å². The van der Waals surface area contributed by atoms with Crippen LogP contribution in [0, 0.1) is 5.41 Å². The second kappa shape index (κ2) is 5.41. The molecule has 0 spiro atoms. The number of sulfone groups is 1. The minimum atomic E-state index is -2.81. The number of amidine groups is 1. The van der Waals surface area contributed by atoms with Gasteiger partial charge >= 0.3 is 0 Å². The molecular formula is C12H22N2O2S2. The Labute approximate surface area is 114 Å². The van der Waals surface area contributed by atoms with Crippen LogP contribution in [0.25, 0.3) is 0 Å². The molecule has 2 heterocycles. The maximum Gasteiger partial charge on any atom is 0.156 e. The molecule has 0 saturated carbocycles. The Morgan fingerprint density at radius 2 is 2.17 bits per heavy atom. The summed E-state index contributed by atoms with van der Waals surface area (Å²) in [6.07, 6.45) is 3.03. The highest BCUT2D eigenvalue weighted by atomic mass is 32.2. The van der Waals surface area contributed by atoms with Crippen LogP contribution < -0.4 is 5.32 Å². The monoisotopic (exact) mass is 290 g/mol. The first-order valence-electron chi connectivity index (χ1n) is 6.63. The largest absolute Gasteiger partial charge is 0.361 e. The third kappa shape index (κ3) is 3.20. The van der Waals surface area contributed by atoms with Gasteiger partial charge in [-0.05, 0) is 24.7 Å². The van der Waals surface area contributed by atoms with Crippen molar-refractivity contribution >= 4 is 26.8 Å². The second-order valence-electron chi connectivity index (χ2n) is 5.36. The predicted octanol–water partition coefficient (Wildman–Crippen LogP) is 1.67. The molecule has 0 radical (unpaired) electrons. The Balaban J connectivity index is 1.91. The van der Waals surface area contributed by atoms with Gasteiger partial charge in [0.1, 0.15) is 0 Å². The van der Waals surface area contributed by atoms with Gasteiger partial charge in [-0.25, -0.2) is 8.42 Å². The van der Waals surface area contributed by atoms with Crippen LogP contribution in [0.5, 0.6) is 0 Å². The fourth-order valence-corrected chi connectivity index (χ4v) is 5.42. The topological polar surface area (TPSA) is 58.5 Å². The second-order valence-corrected chi connectivity index (χ2v) is 8.55. The Hall–Kier alpha value is -0.230. The minimum Gasteiger partial charge on any atom is -0.361 e. The van der Waals surface area contributed by atoms with E-state index >= 15 is 0 Å². The van der Waals surface area contributed by atoms with E-state index in [0.717, 1.165) is 30.3 Å². The minimum absolute atomic E-state index is 0.0667. The zero-order valence-corrected chi connectivity index (χ0v) is 12.7. The molecule has 0 bridgehead atoms. The molecule has 1 unspecified atom stereocenters. The summed E-state index contributed by atoms with van der Waals surface area (Å²) in [4.78, 5) is 4.61. The number of nitrogens with one attached hydrogen (secondary N) is 1. The van der Waals surface area contributed by atoms with Gasteiger partial charge in [-0.3, -0.25) is 4.99 Å². The smallest absolute Gasteiger partial charge is 0.156 e. The van der Waals surface area contributed by atoms with Crippen LogP contribution in [0.2, 0.25) is 0 Å². The molecule has 0 aromatic rings. The van der Waals surface area contributed by atoms with E-state index in [1.165, 1.54) is 0 Å². The number of thioether (sulfide) groups is 1. The Kier molecular flexibility index (Phi) is 4.26. The summed E-state index contributed by atoms with van der Waals surface area (Å²) in [5.41, 5.74) is 0.345. The normalized spacial score (nSPS) is 29.9. The number of hydrogen-bond donors (Lipinski definition) is 1. The first kappa shape index (κ1) is 14.2. The third-order valence-electron chi connectivity index (χ3n) is 4.13. The molecule has 104 valence electrons. The average Bonchev–Trinajstić information content (AvgIpc) is 2.70. The lowest BCUT2D eigenvalue weighted by molar-refractivity contribution is 0.318. The van der Waals surface area contributed by atoms with Gasteiger partial charge in [0, 0.05) is 18.3 Å². The van der Waals surface area contributed by atoms with E-state index in [1.54, 1.807) is 11.8 Å². The van der Waals surface area contributed by atoms with E-state index in [2.05, 4.69) is 24.2 Å². The summed E-state index contributed by atoms with van der Waals surface area (Å²) >= 11 is 1.75. The number of rotatable bonds is 3. The Bertz CT molecular complexity index is 427. The highest BCUT2D eigenvalue weighted by molar-refractivity contribution is 8.13. The number of nitrogens with zero attached hydrogens (tertiary/aromatic N) is 1. The van der Waals surface area contributed by atoms with Gasteiger partial charge in [0.15, 0.2) is 15.0 Å². The van der Waals surface area contributed by atoms with Gasteiger partial charge < -0.3 is 5.32 Å². The molecule has 0 aromatic carbocycles. The highest BCUT2D eigenvalue weighted by Crippen LogP contribution is 2.35. The van der Waals surface area contributed by atoms with Crippen molar-refractivity contribution in [2.45, 2.75) is 39.2 Å². The molecule has 2 aliphatic heterocycles. The van der Waals surface area contributed by atoms with E-state index in [-0.39, 0.29) is 11.8 Å². The van der Waals surface area contributed by atoms with Crippen LogP contribution in [0.1, 0.15) is 33.1 Å². The lowest BCUT2D eigenvalue weighted by Gasteiger charge is -2.33. The molecule has 1 fully saturated rings. The molecule has 4 nitrogen and oxygen atoms in total. The van der Waals surface area contributed by atoms with Crippen LogP contribution in [0.4, 0.5) is 0 Å². The lowest BCUT2D eigenvalue weighted by Crippen LogP contribution is -2.39. The summed E-state index contributed by atoms with van der Waals surface area (Å²) < 4.78 is 22.8. The van der Waals surface area contributed by atoms with Crippen molar-refractivity contribution in [1.82, 2.24) is 5.32 Å². The first-order chi connectivity index (χ1) is 8.49. The Morgan fingerprint density at radius 3 is 2.61 bits per heavy atom. The van der Waals surface area contributed by atoms with E-state index < -0.39 is 9.84 Å². The molecule has 0 aromatic heterocycles. The van der Waals surface area contributed by atoms with Crippen LogP contribution in [0.15, 0.2) is 4.99 Å². The predicted molar refractivity (Wildman–Crippen MR) is 78.0 cm³/mol. The standard InChI is InChI=1S/C12H22N2O2S2/c1-3-12(4-2)8-13-11(17-9-12)14-10-5-6-18(15,16)7-10/h10H,3-9H2,1-2H3,(H,13,14).